The van der Waals surface area contributed by atoms with Gasteiger partial charge in [0.2, 0.25) is 0 Å². The fourth-order valence-corrected chi connectivity index (χ4v) is 3.06. The van der Waals surface area contributed by atoms with Gasteiger partial charge >= 0.3 is 11.9 Å². The van der Waals surface area contributed by atoms with Crippen molar-refractivity contribution in [3.05, 3.63) is 29.7 Å². The number of piperidine rings is 1. The van der Waals surface area contributed by atoms with Crippen molar-refractivity contribution < 1.29 is 23.9 Å². The summed E-state index contributed by atoms with van der Waals surface area (Å²) in [4.78, 5) is 41.9. The van der Waals surface area contributed by atoms with Crippen LogP contribution in [0, 0.1) is 12.8 Å². The Bertz CT molecular complexity index is 839. The zero-order valence-corrected chi connectivity index (χ0v) is 14.7. The molecule has 0 aliphatic carbocycles. The highest BCUT2D eigenvalue weighted by Gasteiger charge is 2.28. The standard InChI is InChI=1S/C17H20N4O5/c1-11-14(15-18-6-3-7-21(15)19-11)17(24)26-10-13(22)20-8-4-12(5-9-20)16(23)25-2/h3,6-7,12H,4-5,8-10H2,1-2H3. The second-order valence-electron chi connectivity index (χ2n) is 6.10. The van der Waals surface area contributed by atoms with Crippen molar-refractivity contribution >= 4 is 23.5 Å². The van der Waals surface area contributed by atoms with Crippen molar-refractivity contribution in [2.24, 2.45) is 5.92 Å². The summed E-state index contributed by atoms with van der Waals surface area (Å²) < 4.78 is 11.4. The van der Waals surface area contributed by atoms with E-state index < -0.39 is 5.97 Å². The predicted molar refractivity (Wildman–Crippen MR) is 89.3 cm³/mol. The van der Waals surface area contributed by atoms with Crippen LogP contribution in [0.3, 0.4) is 0 Å². The van der Waals surface area contributed by atoms with Crippen LogP contribution in [0.2, 0.25) is 0 Å². The van der Waals surface area contributed by atoms with Crippen molar-refractivity contribution in [3.63, 3.8) is 0 Å². The molecule has 1 amide bonds. The molecule has 2 aromatic heterocycles. The number of esters is 2. The second kappa shape index (κ2) is 7.51. The molecule has 0 radical (unpaired) electrons. The van der Waals surface area contributed by atoms with Gasteiger partial charge in [0.1, 0.15) is 5.56 Å². The molecule has 3 heterocycles. The number of aromatic nitrogens is 3. The summed E-state index contributed by atoms with van der Waals surface area (Å²) in [5.74, 6) is -1.35. The van der Waals surface area contributed by atoms with Gasteiger partial charge in [-0.25, -0.2) is 14.3 Å². The Kier molecular flexibility index (Phi) is 5.15. The molecule has 138 valence electrons. The first kappa shape index (κ1) is 17.8. The first-order valence-electron chi connectivity index (χ1n) is 8.34. The average molecular weight is 360 g/mol. The molecule has 1 aliphatic rings. The lowest BCUT2D eigenvalue weighted by molar-refractivity contribution is -0.149. The van der Waals surface area contributed by atoms with Gasteiger partial charge in [-0.2, -0.15) is 5.10 Å². The SMILES string of the molecule is COC(=O)C1CCN(C(=O)COC(=O)c2c(C)nn3cccnc23)CC1. The first-order chi connectivity index (χ1) is 12.5. The Morgan fingerprint density at radius 1 is 1.27 bits per heavy atom. The number of carbonyl (C=O) groups is 3. The van der Waals surface area contributed by atoms with Crippen molar-refractivity contribution in [1.82, 2.24) is 19.5 Å². The highest BCUT2D eigenvalue weighted by molar-refractivity contribution is 5.98. The number of likely N-dealkylation sites (tertiary alicyclic amines) is 1. The molecule has 0 saturated carbocycles. The van der Waals surface area contributed by atoms with Gasteiger partial charge in [0.25, 0.3) is 5.91 Å². The zero-order chi connectivity index (χ0) is 18.7. The summed E-state index contributed by atoms with van der Waals surface area (Å²) in [7, 11) is 1.36. The average Bonchev–Trinajstić information content (AvgIpc) is 3.01. The number of fused-ring (bicyclic) bond motifs is 1. The minimum atomic E-state index is -0.631. The molecule has 9 heteroatoms. The van der Waals surface area contributed by atoms with Crippen LogP contribution in [0.4, 0.5) is 0 Å². The molecule has 1 aliphatic heterocycles. The fraction of sp³-hybridized carbons (Fsp3) is 0.471. The number of rotatable bonds is 4. The number of aryl methyl sites for hydroxylation is 1. The molecule has 26 heavy (non-hydrogen) atoms. The van der Waals surface area contributed by atoms with Gasteiger partial charge in [-0.05, 0) is 25.8 Å². The molecule has 0 unspecified atom stereocenters. The van der Waals surface area contributed by atoms with Crippen molar-refractivity contribution in [2.45, 2.75) is 19.8 Å². The molecule has 0 bridgehead atoms. The number of amides is 1. The highest BCUT2D eigenvalue weighted by atomic mass is 16.5. The molecule has 3 rings (SSSR count). The lowest BCUT2D eigenvalue weighted by Crippen LogP contribution is -2.42. The number of hydrogen-bond donors (Lipinski definition) is 0. The van der Waals surface area contributed by atoms with E-state index in [4.69, 9.17) is 9.47 Å². The topological polar surface area (TPSA) is 103 Å². The number of carbonyl (C=O) groups excluding carboxylic acids is 3. The van der Waals surface area contributed by atoms with Gasteiger partial charge in [0, 0.05) is 25.5 Å². The van der Waals surface area contributed by atoms with Crippen LogP contribution in [-0.2, 0) is 19.1 Å². The van der Waals surface area contributed by atoms with E-state index in [0.717, 1.165) is 0 Å². The molecule has 0 N–H and O–H groups in total. The van der Waals surface area contributed by atoms with E-state index in [1.807, 2.05) is 0 Å². The molecule has 9 nitrogen and oxygen atoms in total. The molecular weight excluding hydrogens is 340 g/mol. The first-order valence-corrected chi connectivity index (χ1v) is 8.34. The summed E-state index contributed by atoms with van der Waals surface area (Å²) >= 11 is 0. The van der Waals surface area contributed by atoms with E-state index in [9.17, 15) is 14.4 Å². The number of ether oxygens (including phenoxy) is 2. The zero-order valence-electron chi connectivity index (χ0n) is 14.7. The lowest BCUT2D eigenvalue weighted by atomic mass is 9.97. The monoisotopic (exact) mass is 360 g/mol. The van der Waals surface area contributed by atoms with Crippen LogP contribution in [0.5, 0.6) is 0 Å². The van der Waals surface area contributed by atoms with E-state index in [2.05, 4.69) is 10.1 Å². The highest BCUT2D eigenvalue weighted by Crippen LogP contribution is 2.19. The number of hydrogen-bond acceptors (Lipinski definition) is 7. The predicted octanol–water partition coefficient (Wildman–Crippen LogP) is 0.606. The Hall–Kier alpha value is -2.97. The Morgan fingerprint density at radius 3 is 2.69 bits per heavy atom. The van der Waals surface area contributed by atoms with E-state index in [1.54, 1.807) is 30.3 Å². The maximum atomic E-state index is 12.4. The van der Waals surface area contributed by atoms with E-state index >= 15 is 0 Å². The van der Waals surface area contributed by atoms with Gasteiger partial charge in [0.15, 0.2) is 12.3 Å². The normalized spacial score (nSPS) is 15.1. The second-order valence-corrected chi connectivity index (χ2v) is 6.10. The van der Waals surface area contributed by atoms with Crippen LogP contribution in [0.25, 0.3) is 5.65 Å². The quantitative estimate of drug-likeness (QED) is 0.736. The van der Waals surface area contributed by atoms with Crippen LogP contribution < -0.4 is 0 Å². The van der Waals surface area contributed by atoms with Crippen molar-refractivity contribution in [3.8, 4) is 0 Å². The van der Waals surface area contributed by atoms with E-state index in [0.29, 0.717) is 37.3 Å². The van der Waals surface area contributed by atoms with Gasteiger partial charge in [0.05, 0.1) is 18.7 Å². The number of nitrogens with zero attached hydrogens (tertiary/aromatic N) is 4. The van der Waals surface area contributed by atoms with Gasteiger partial charge in [-0.1, -0.05) is 0 Å². The largest absolute Gasteiger partial charge is 0.469 e. The van der Waals surface area contributed by atoms with Crippen LogP contribution in [0.15, 0.2) is 18.5 Å². The van der Waals surface area contributed by atoms with Gasteiger partial charge in [-0.15, -0.1) is 0 Å². The molecule has 2 aromatic rings. The van der Waals surface area contributed by atoms with Gasteiger partial charge in [-0.3, -0.25) is 9.59 Å². The lowest BCUT2D eigenvalue weighted by Gasteiger charge is -2.30. The maximum absolute atomic E-state index is 12.4. The van der Waals surface area contributed by atoms with E-state index in [1.165, 1.54) is 11.6 Å². The summed E-state index contributed by atoms with van der Waals surface area (Å²) in [6.07, 6.45) is 4.33. The number of methoxy groups -OCH3 is 1. The van der Waals surface area contributed by atoms with Crippen LogP contribution >= 0.6 is 0 Å². The Balaban J connectivity index is 1.57. The Labute approximate surface area is 149 Å². The molecular formula is C17H20N4O5. The third-order valence-corrected chi connectivity index (χ3v) is 4.48. The molecule has 0 spiro atoms. The summed E-state index contributed by atoms with van der Waals surface area (Å²) in [6.45, 7) is 2.21. The van der Waals surface area contributed by atoms with Crippen LogP contribution in [0.1, 0.15) is 28.9 Å². The summed E-state index contributed by atoms with van der Waals surface area (Å²) in [6, 6.07) is 1.70. The van der Waals surface area contributed by atoms with Crippen molar-refractivity contribution in [2.75, 3.05) is 26.8 Å². The smallest absolute Gasteiger partial charge is 0.344 e. The summed E-state index contributed by atoms with van der Waals surface area (Å²) in [5, 5.41) is 4.20. The van der Waals surface area contributed by atoms with E-state index in [-0.39, 0.29) is 30.0 Å². The van der Waals surface area contributed by atoms with Crippen LogP contribution in [-0.4, -0.2) is 64.1 Å². The summed E-state index contributed by atoms with van der Waals surface area (Å²) in [5.41, 5.74) is 1.13. The molecule has 1 fully saturated rings. The van der Waals surface area contributed by atoms with Gasteiger partial charge < -0.3 is 14.4 Å². The molecule has 1 saturated heterocycles. The molecule has 0 aromatic carbocycles. The van der Waals surface area contributed by atoms with Crippen molar-refractivity contribution in [1.29, 1.82) is 0 Å². The minimum Gasteiger partial charge on any atom is -0.469 e. The molecule has 0 atom stereocenters. The fourth-order valence-electron chi connectivity index (χ4n) is 3.06. The third-order valence-electron chi connectivity index (χ3n) is 4.48. The Morgan fingerprint density at radius 2 is 2.00 bits per heavy atom. The maximum Gasteiger partial charge on any atom is 0.344 e. The third kappa shape index (κ3) is 3.51. The minimum absolute atomic E-state index is 0.181.